The smallest absolute Gasteiger partial charge is 0.309 e. The monoisotopic (exact) mass is 259 g/mol. The molecule has 0 saturated heterocycles. The molecule has 6 nitrogen and oxygen atoms in total. The Kier molecular flexibility index (Phi) is 3.92. The summed E-state index contributed by atoms with van der Waals surface area (Å²) in [6.45, 7) is 0. The van der Waals surface area contributed by atoms with Crippen LogP contribution < -0.4 is 10.5 Å². The Bertz CT molecular complexity index is 570. The van der Waals surface area contributed by atoms with Crippen LogP contribution in [0.5, 0.6) is 11.6 Å². The maximum Gasteiger partial charge on any atom is 0.309 e. The third kappa shape index (κ3) is 3.67. The number of esters is 1. The lowest BCUT2D eigenvalue weighted by molar-refractivity contribution is -0.139. The molecule has 0 atom stereocenters. The van der Waals surface area contributed by atoms with Gasteiger partial charge in [-0.15, -0.1) is 0 Å². The van der Waals surface area contributed by atoms with E-state index in [4.69, 9.17) is 10.5 Å². The average molecular weight is 259 g/mol. The van der Waals surface area contributed by atoms with E-state index in [1.165, 1.54) is 13.3 Å². The molecule has 1 aromatic carbocycles. The van der Waals surface area contributed by atoms with Gasteiger partial charge in [-0.2, -0.15) is 4.98 Å². The molecule has 2 aromatic rings. The molecule has 0 saturated carbocycles. The van der Waals surface area contributed by atoms with Crippen molar-refractivity contribution in [1.29, 1.82) is 0 Å². The van der Waals surface area contributed by atoms with Crippen LogP contribution in [-0.4, -0.2) is 23.0 Å². The zero-order valence-electron chi connectivity index (χ0n) is 10.4. The van der Waals surface area contributed by atoms with Gasteiger partial charge in [0.15, 0.2) is 0 Å². The van der Waals surface area contributed by atoms with E-state index in [0.717, 1.165) is 5.56 Å². The van der Waals surface area contributed by atoms with E-state index in [1.807, 2.05) is 0 Å². The number of rotatable bonds is 4. The summed E-state index contributed by atoms with van der Waals surface area (Å²) in [5.41, 5.74) is 6.30. The van der Waals surface area contributed by atoms with E-state index in [2.05, 4.69) is 14.7 Å². The van der Waals surface area contributed by atoms with Gasteiger partial charge in [-0.25, -0.2) is 4.98 Å². The van der Waals surface area contributed by atoms with Gasteiger partial charge in [0.1, 0.15) is 5.75 Å². The molecule has 0 spiro atoms. The fourth-order valence-corrected chi connectivity index (χ4v) is 1.45. The van der Waals surface area contributed by atoms with Crippen LogP contribution in [0.25, 0.3) is 0 Å². The van der Waals surface area contributed by atoms with Crippen LogP contribution in [0.1, 0.15) is 5.56 Å². The third-order valence-electron chi connectivity index (χ3n) is 2.37. The topological polar surface area (TPSA) is 87.3 Å². The zero-order valence-corrected chi connectivity index (χ0v) is 10.4. The van der Waals surface area contributed by atoms with Crippen molar-refractivity contribution in [2.24, 2.45) is 0 Å². The average Bonchev–Trinajstić information content (AvgIpc) is 2.41. The maximum atomic E-state index is 11.1. The second-order valence-electron chi connectivity index (χ2n) is 3.75. The number of benzene rings is 1. The summed E-state index contributed by atoms with van der Waals surface area (Å²) < 4.78 is 10.1. The zero-order chi connectivity index (χ0) is 13.7. The molecule has 0 aliphatic rings. The number of anilines is 1. The molecule has 0 unspecified atom stereocenters. The van der Waals surface area contributed by atoms with E-state index >= 15 is 0 Å². The Morgan fingerprint density at radius 3 is 2.63 bits per heavy atom. The Balaban J connectivity index is 2.04. The van der Waals surface area contributed by atoms with Crippen LogP contribution >= 0.6 is 0 Å². The summed E-state index contributed by atoms with van der Waals surface area (Å²) in [6.07, 6.45) is 1.75. The number of nitrogens with two attached hydrogens (primary N) is 1. The summed E-state index contributed by atoms with van der Waals surface area (Å²) >= 11 is 0. The van der Waals surface area contributed by atoms with Crippen molar-refractivity contribution in [3.8, 4) is 11.6 Å². The van der Waals surface area contributed by atoms with E-state index in [1.54, 1.807) is 30.3 Å². The number of nitrogen functional groups attached to an aromatic ring is 1. The van der Waals surface area contributed by atoms with Crippen molar-refractivity contribution in [1.82, 2.24) is 9.97 Å². The van der Waals surface area contributed by atoms with Crippen LogP contribution in [-0.2, 0) is 16.0 Å². The lowest BCUT2D eigenvalue weighted by Crippen LogP contribution is -2.04. The van der Waals surface area contributed by atoms with Crippen LogP contribution in [0.4, 0.5) is 5.95 Å². The number of hydrogen-bond acceptors (Lipinski definition) is 6. The molecule has 2 rings (SSSR count). The van der Waals surface area contributed by atoms with Crippen molar-refractivity contribution in [2.75, 3.05) is 12.8 Å². The van der Waals surface area contributed by atoms with E-state index < -0.39 is 0 Å². The van der Waals surface area contributed by atoms with E-state index in [0.29, 0.717) is 11.6 Å². The quantitative estimate of drug-likeness (QED) is 0.838. The first-order valence-electron chi connectivity index (χ1n) is 5.59. The number of carbonyl (C=O) groups excluding carboxylic acids is 1. The fourth-order valence-electron chi connectivity index (χ4n) is 1.45. The molecule has 0 aliphatic heterocycles. The van der Waals surface area contributed by atoms with Crippen molar-refractivity contribution < 1.29 is 14.3 Å². The molecule has 0 radical (unpaired) electrons. The second kappa shape index (κ2) is 5.81. The van der Waals surface area contributed by atoms with Crippen molar-refractivity contribution in [2.45, 2.75) is 6.42 Å². The van der Waals surface area contributed by atoms with Gasteiger partial charge in [0.2, 0.25) is 11.8 Å². The predicted molar refractivity (Wildman–Crippen MR) is 68.7 cm³/mol. The highest BCUT2D eigenvalue weighted by Gasteiger charge is 2.04. The van der Waals surface area contributed by atoms with Crippen LogP contribution in [0, 0.1) is 0 Å². The van der Waals surface area contributed by atoms with Gasteiger partial charge in [0.25, 0.3) is 0 Å². The largest absolute Gasteiger partial charge is 0.469 e. The van der Waals surface area contributed by atoms with Crippen molar-refractivity contribution in [3.05, 3.63) is 42.1 Å². The summed E-state index contributed by atoms with van der Waals surface area (Å²) in [5.74, 6) is 0.844. The minimum absolute atomic E-state index is 0.153. The first-order chi connectivity index (χ1) is 9.17. The molecule has 0 fully saturated rings. The van der Waals surface area contributed by atoms with Crippen molar-refractivity contribution >= 4 is 11.9 Å². The van der Waals surface area contributed by atoms with Crippen LogP contribution in [0.3, 0.4) is 0 Å². The van der Waals surface area contributed by atoms with E-state index in [-0.39, 0.29) is 18.3 Å². The summed E-state index contributed by atoms with van der Waals surface area (Å²) in [7, 11) is 1.36. The molecule has 0 amide bonds. The minimum atomic E-state index is -0.280. The van der Waals surface area contributed by atoms with Gasteiger partial charge < -0.3 is 15.2 Å². The maximum absolute atomic E-state index is 11.1. The standard InChI is InChI=1S/C13H13N3O3/c1-18-12(17)8-9-2-4-10(5-3-9)19-11-6-7-15-13(14)16-11/h2-7H,8H2,1H3,(H2,14,15,16). The molecule has 0 bridgehead atoms. The molecular formula is C13H13N3O3. The molecule has 2 N–H and O–H groups in total. The highest BCUT2D eigenvalue weighted by molar-refractivity contribution is 5.72. The number of carbonyl (C=O) groups is 1. The first kappa shape index (κ1) is 12.8. The number of methoxy groups -OCH3 is 1. The molecule has 98 valence electrons. The molecule has 1 heterocycles. The van der Waals surface area contributed by atoms with Gasteiger partial charge >= 0.3 is 5.97 Å². The Hall–Kier alpha value is -2.63. The second-order valence-corrected chi connectivity index (χ2v) is 3.75. The van der Waals surface area contributed by atoms with E-state index in [9.17, 15) is 4.79 Å². The normalized spacial score (nSPS) is 9.95. The molecule has 1 aromatic heterocycles. The fraction of sp³-hybridized carbons (Fsp3) is 0.154. The first-order valence-corrected chi connectivity index (χ1v) is 5.59. The number of ether oxygens (including phenoxy) is 2. The van der Waals surface area contributed by atoms with Gasteiger partial charge in [-0.05, 0) is 17.7 Å². The van der Waals surface area contributed by atoms with Crippen LogP contribution in [0.2, 0.25) is 0 Å². The van der Waals surface area contributed by atoms with Gasteiger partial charge in [-0.3, -0.25) is 4.79 Å². The Morgan fingerprint density at radius 2 is 2.00 bits per heavy atom. The summed E-state index contributed by atoms with van der Waals surface area (Å²) in [5, 5.41) is 0. The Morgan fingerprint density at radius 1 is 1.26 bits per heavy atom. The van der Waals surface area contributed by atoms with Gasteiger partial charge in [0.05, 0.1) is 13.5 Å². The lowest BCUT2D eigenvalue weighted by atomic mass is 10.1. The minimum Gasteiger partial charge on any atom is -0.469 e. The van der Waals surface area contributed by atoms with Crippen LogP contribution in [0.15, 0.2) is 36.5 Å². The Labute approximate surface area is 110 Å². The highest BCUT2D eigenvalue weighted by Crippen LogP contribution is 2.20. The SMILES string of the molecule is COC(=O)Cc1ccc(Oc2ccnc(N)n2)cc1. The van der Waals surface area contributed by atoms with Gasteiger partial charge in [0, 0.05) is 12.3 Å². The number of hydrogen-bond donors (Lipinski definition) is 1. The highest BCUT2D eigenvalue weighted by atomic mass is 16.5. The van der Waals surface area contributed by atoms with Crippen molar-refractivity contribution in [3.63, 3.8) is 0 Å². The molecule has 19 heavy (non-hydrogen) atoms. The summed E-state index contributed by atoms with van der Waals surface area (Å²) in [6, 6.07) is 8.68. The molecule has 6 heteroatoms. The van der Waals surface area contributed by atoms with Gasteiger partial charge in [-0.1, -0.05) is 12.1 Å². The lowest BCUT2D eigenvalue weighted by Gasteiger charge is -2.05. The third-order valence-corrected chi connectivity index (χ3v) is 2.37. The molecule has 0 aliphatic carbocycles. The number of nitrogens with zero attached hydrogens (tertiary/aromatic N) is 2. The molecular weight excluding hydrogens is 246 g/mol. The predicted octanol–water partition coefficient (Wildman–Crippen LogP) is 1.57. The summed E-state index contributed by atoms with van der Waals surface area (Å²) in [4.78, 5) is 18.8. The number of aromatic nitrogens is 2.